The van der Waals surface area contributed by atoms with E-state index in [1.165, 1.54) is 0 Å². The molecule has 15 heteroatoms. The number of nitrogens with one attached hydrogen (secondary N) is 3. The van der Waals surface area contributed by atoms with Crippen molar-refractivity contribution in [2.75, 3.05) is 13.1 Å². The third kappa shape index (κ3) is 15.6. The second kappa shape index (κ2) is 18.7. The first-order valence-corrected chi connectivity index (χ1v) is 12.7. The van der Waals surface area contributed by atoms with E-state index in [4.69, 9.17) is 28.7 Å². The van der Waals surface area contributed by atoms with Crippen LogP contribution < -0.4 is 44.6 Å². The highest BCUT2D eigenvalue weighted by Crippen LogP contribution is 2.08. The standard InChI is InChI=1S/C23H45N9O6/c1-13(2)12-17(22(37)38)32-21(36)16(8-9-18(26)33)31-20(35)15(7-3-4-10-24)30-19(34)14(25)6-5-11-29-23(27)28/h13-17H,3-12,24-25H2,1-2H3,(H2,26,33)(H,30,34)(H,31,35)(H,32,36)(H,37,38)(H4,27,28,29). The van der Waals surface area contributed by atoms with Crippen LogP contribution in [0.4, 0.5) is 0 Å². The molecule has 0 aliphatic rings. The lowest BCUT2D eigenvalue weighted by atomic mass is 10.0. The first-order chi connectivity index (χ1) is 17.8. The summed E-state index contributed by atoms with van der Waals surface area (Å²) >= 11 is 0. The molecular formula is C23H45N9O6. The number of aliphatic carboxylic acids is 1. The summed E-state index contributed by atoms with van der Waals surface area (Å²) in [6, 6.07) is -4.43. The molecule has 14 N–H and O–H groups in total. The SMILES string of the molecule is CC(C)CC(NC(=O)C(CCC(N)=O)NC(=O)C(CCCCN)NC(=O)C(N)CCCN=C(N)N)C(=O)O. The second-order valence-corrected chi connectivity index (χ2v) is 9.50. The van der Waals surface area contributed by atoms with Crippen LogP contribution >= 0.6 is 0 Å². The molecule has 4 amide bonds. The molecule has 15 nitrogen and oxygen atoms in total. The molecule has 0 bridgehead atoms. The van der Waals surface area contributed by atoms with E-state index < -0.39 is 53.8 Å². The number of hydrogen-bond donors (Lipinski definition) is 9. The maximum atomic E-state index is 13.1. The van der Waals surface area contributed by atoms with E-state index in [-0.39, 0.29) is 50.5 Å². The molecule has 0 heterocycles. The molecule has 0 aromatic rings. The van der Waals surface area contributed by atoms with Crippen molar-refractivity contribution >= 4 is 35.6 Å². The van der Waals surface area contributed by atoms with Crippen molar-refractivity contribution in [2.24, 2.45) is 39.6 Å². The summed E-state index contributed by atoms with van der Waals surface area (Å²) in [4.78, 5) is 65.4. The smallest absolute Gasteiger partial charge is 0.326 e. The van der Waals surface area contributed by atoms with E-state index >= 15 is 0 Å². The minimum absolute atomic E-state index is 0.0270. The number of nitrogens with two attached hydrogens (primary N) is 5. The third-order valence-corrected chi connectivity index (χ3v) is 5.52. The van der Waals surface area contributed by atoms with E-state index in [2.05, 4.69) is 20.9 Å². The molecule has 4 unspecified atom stereocenters. The average Bonchev–Trinajstić information content (AvgIpc) is 2.82. The molecule has 0 saturated heterocycles. The van der Waals surface area contributed by atoms with Crippen LogP contribution in [0, 0.1) is 5.92 Å². The molecule has 0 rings (SSSR count). The van der Waals surface area contributed by atoms with Gasteiger partial charge >= 0.3 is 5.97 Å². The number of amides is 4. The molecule has 4 atom stereocenters. The number of primary amides is 1. The fourth-order valence-corrected chi connectivity index (χ4v) is 3.48. The Bertz CT molecular complexity index is 817. The van der Waals surface area contributed by atoms with E-state index in [0.717, 1.165) is 0 Å². The summed E-state index contributed by atoms with van der Waals surface area (Å²) < 4.78 is 0. The van der Waals surface area contributed by atoms with Gasteiger partial charge in [-0.25, -0.2) is 4.79 Å². The largest absolute Gasteiger partial charge is 0.480 e. The molecule has 0 fully saturated rings. The Morgan fingerprint density at radius 2 is 1.34 bits per heavy atom. The van der Waals surface area contributed by atoms with Crippen LogP contribution in [0.3, 0.4) is 0 Å². The van der Waals surface area contributed by atoms with Crippen molar-refractivity contribution in [3.8, 4) is 0 Å². The second-order valence-electron chi connectivity index (χ2n) is 9.50. The summed E-state index contributed by atoms with van der Waals surface area (Å²) in [5.74, 6) is -4.08. The van der Waals surface area contributed by atoms with Crippen molar-refractivity contribution in [2.45, 2.75) is 89.4 Å². The normalized spacial score (nSPS) is 14.0. The maximum absolute atomic E-state index is 13.1. The summed E-state index contributed by atoms with van der Waals surface area (Å²) in [6.07, 6.45) is 1.78. The Morgan fingerprint density at radius 3 is 1.84 bits per heavy atom. The van der Waals surface area contributed by atoms with Gasteiger partial charge in [-0.1, -0.05) is 13.8 Å². The number of carbonyl (C=O) groups excluding carboxylic acids is 4. The lowest BCUT2D eigenvalue weighted by Crippen LogP contribution is -2.57. The van der Waals surface area contributed by atoms with Crippen molar-refractivity contribution in [1.29, 1.82) is 0 Å². The van der Waals surface area contributed by atoms with Gasteiger partial charge in [-0.2, -0.15) is 0 Å². The molecule has 0 aromatic carbocycles. The Hall–Kier alpha value is -3.46. The van der Waals surface area contributed by atoms with Gasteiger partial charge in [-0.05, 0) is 57.4 Å². The Labute approximate surface area is 223 Å². The predicted octanol–water partition coefficient (Wildman–Crippen LogP) is -2.65. The first-order valence-electron chi connectivity index (χ1n) is 12.7. The zero-order chi connectivity index (χ0) is 29.3. The minimum Gasteiger partial charge on any atom is -0.480 e. The molecule has 0 aromatic heterocycles. The van der Waals surface area contributed by atoms with Crippen LogP contribution in [0.2, 0.25) is 0 Å². The van der Waals surface area contributed by atoms with Crippen molar-refractivity contribution < 1.29 is 29.1 Å². The first kappa shape index (κ1) is 34.5. The van der Waals surface area contributed by atoms with Gasteiger partial charge < -0.3 is 49.7 Å². The fraction of sp³-hybridized carbons (Fsp3) is 0.739. The Kier molecular flexibility index (Phi) is 17.0. The molecule has 0 aliphatic carbocycles. The number of carboxylic acid groups (broad SMARTS) is 1. The number of nitrogens with zero attached hydrogens (tertiary/aromatic N) is 1. The molecule has 0 radical (unpaired) electrons. The van der Waals surface area contributed by atoms with Crippen LogP contribution in [0.15, 0.2) is 4.99 Å². The number of aliphatic imine (C=N–C) groups is 1. The lowest BCUT2D eigenvalue weighted by Gasteiger charge is -2.25. The van der Waals surface area contributed by atoms with Crippen LogP contribution in [0.25, 0.3) is 0 Å². The minimum atomic E-state index is -1.26. The molecule has 38 heavy (non-hydrogen) atoms. The summed E-state index contributed by atoms with van der Waals surface area (Å²) in [5.41, 5.74) is 27.2. The van der Waals surface area contributed by atoms with Crippen molar-refractivity contribution in [3.63, 3.8) is 0 Å². The topological polar surface area (TPSA) is 284 Å². The molecule has 0 aliphatic heterocycles. The van der Waals surface area contributed by atoms with Gasteiger partial charge in [0, 0.05) is 13.0 Å². The van der Waals surface area contributed by atoms with E-state index in [1.54, 1.807) is 13.8 Å². The van der Waals surface area contributed by atoms with E-state index in [0.29, 0.717) is 25.8 Å². The summed E-state index contributed by atoms with van der Waals surface area (Å²) in [7, 11) is 0. The average molecular weight is 544 g/mol. The van der Waals surface area contributed by atoms with Gasteiger partial charge in [0.1, 0.15) is 18.1 Å². The van der Waals surface area contributed by atoms with Crippen LogP contribution in [-0.2, 0) is 24.0 Å². The van der Waals surface area contributed by atoms with Crippen molar-refractivity contribution in [1.82, 2.24) is 16.0 Å². The molecule has 218 valence electrons. The van der Waals surface area contributed by atoms with Crippen LogP contribution in [-0.4, -0.2) is 77.9 Å². The summed E-state index contributed by atoms with van der Waals surface area (Å²) in [6.45, 7) is 4.26. The molecule has 0 saturated carbocycles. The Balaban J connectivity index is 5.51. The van der Waals surface area contributed by atoms with Gasteiger partial charge in [0.25, 0.3) is 0 Å². The zero-order valence-corrected chi connectivity index (χ0v) is 22.3. The third-order valence-electron chi connectivity index (χ3n) is 5.52. The quantitative estimate of drug-likeness (QED) is 0.0436. The number of unbranched alkanes of at least 4 members (excludes halogenated alkanes) is 1. The van der Waals surface area contributed by atoms with E-state index in [9.17, 15) is 29.1 Å². The van der Waals surface area contributed by atoms with Gasteiger partial charge in [0.2, 0.25) is 23.6 Å². The molecular weight excluding hydrogens is 498 g/mol. The Morgan fingerprint density at radius 1 is 0.789 bits per heavy atom. The highest BCUT2D eigenvalue weighted by molar-refractivity contribution is 5.94. The number of carbonyl (C=O) groups is 5. The lowest BCUT2D eigenvalue weighted by molar-refractivity contribution is -0.143. The highest BCUT2D eigenvalue weighted by Gasteiger charge is 2.30. The van der Waals surface area contributed by atoms with Gasteiger partial charge in [0.15, 0.2) is 5.96 Å². The van der Waals surface area contributed by atoms with Crippen LogP contribution in [0.1, 0.15) is 65.2 Å². The van der Waals surface area contributed by atoms with E-state index in [1.807, 2.05) is 0 Å². The maximum Gasteiger partial charge on any atom is 0.326 e. The van der Waals surface area contributed by atoms with Crippen molar-refractivity contribution in [3.05, 3.63) is 0 Å². The number of hydrogen-bond acceptors (Lipinski definition) is 8. The van der Waals surface area contributed by atoms with Gasteiger partial charge in [-0.15, -0.1) is 0 Å². The predicted molar refractivity (Wildman–Crippen MR) is 142 cm³/mol. The highest BCUT2D eigenvalue weighted by atomic mass is 16.4. The van der Waals surface area contributed by atoms with Gasteiger partial charge in [0.05, 0.1) is 6.04 Å². The molecule has 0 spiro atoms. The summed E-state index contributed by atoms with van der Waals surface area (Å²) in [5, 5.41) is 17.0. The number of carboxylic acids is 1. The number of guanidine groups is 1. The zero-order valence-electron chi connectivity index (χ0n) is 22.3. The van der Waals surface area contributed by atoms with Crippen LogP contribution in [0.5, 0.6) is 0 Å². The monoisotopic (exact) mass is 543 g/mol. The van der Waals surface area contributed by atoms with Gasteiger partial charge in [-0.3, -0.25) is 24.2 Å². The fourth-order valence-electron chi connectivity index (χ4n) is 3.48. The number of rotatable bonds is 20.